The van der Waals surface area contributed by atoms with E-state index in [1.807, 2.05) is 0 Å². The summed E-state index contributed by atoms with van der Waals surface area (Å²) in [5.41, 5.74) is 0.465. The first-order chi connectivity index (χ1) is 6.99. The Labute approximate surface area is 77.3 Å². The summed E-state index contributed by atoms with van der Waals surface area (Å²) in [6.07, 6.45) is -0.811. The van der Waals surface area contributed by atoms with Crippen LogP contribution in [0.4, 0.5) is 9.18 Å². The SMILES string of the molecule is [2H]C1([2H])OC(=O)NC1c1ccc(F)cc1. The molecule has 13 heavy (non-hydrogen) atoms. The summed E-state index contributed by atoms with van der Waals surface area (Å²) in [6, 6.07) is 4.33. The number of alkyl carbamates (subject to hydrolysis) is 1. The van der Waals surface area contributed by atoms with E-state index < -0.39 is 24.5 Å². The van der Waals surface area contributed by atoms with Crippen molar-refractivity contribution in [3.8, 4) is 0 Å². The normalized spacial score (nSPS) is 27.2. The van der Waals surface area contributed by atoms with E-state index in [-0.39, 0.29) is 0 Å². The number of hydrogen-bond acceptors (Lipinski definition) is 2. The summed E-state index contributed by atoms with van der Waals surface area (Å²) in [7, 11) is 0. The zero-order chi connectivity index (χ0) is 11.1. The predicted molar refractivity (Wildman–Crippen MR) is 43.6 cm³/mol. The van der Waals surface area contributed by atoms with Crippen LogP contribution in [0.2, 0.25) is 0 Å². The van der Waals surface area contributed by atoms with Crippen LogP contribution in [-0.4, -0.2) is 12.7 Å². The lowest BCUT2D eigenvalue weighted by molar-refractivity contribution is 0.177. The molecule has 1 aromatic rings. The third kappa shape index (κ3) is 1.61. The summed E-state index contributed by atoms with van der Waals surface area (Å²) in [4.78, 5) is 10.9. The van der Waals surface area contributed by atoms with Crippen LogP contribution in [-0.2, 0) is 4.74 Å². The van der Waals surface area contributed by atoms with Crippen molar-refractivity contribution in [3.63, 3.8) is 0 Å². The molecule has 4 heteroatoms. The number of rotatable bonds is 1. The molecule has 1 amide bonds. The van der Waals surface area contributed by atoms with Crippen LogP contribution in [0.1, 0.15) is 14.3 Å². The van der Waals surface area contributed by atoms with Crippen LogP contribution in [0, 0.1) is 5.82 Å². The molecule has 1 N–H and O–H groups in total. The molecule has 1 atom stereocenters. The van der Waals surface area contributed by atoms with Crippen LogP contribution < -0.4 is 5.32 Å². The van der Waals surface area contributed by atoms with Crippen molar-refractivity contribution in [1.82, 2.24) is 5.32 Å². The molecule has 1 fully saturated rings. The Hall–Kier alpha value is -1.58. The number of benzene rings is 1. The van der Waals surface area contributed by atoms with Gasteiger partial charge in [-0.2, -0.15) is 0 Å². The van der Waals surface area contributed by atoms with Gasteiger partial charge < -0.3 is 10.1 Å². The van der Waals surface area contributed by atoms with Gasteiger partial charge in [-0.15, -0.1) is 0 Å². The molecule has 3 nitrogen and oxygen atoms in total. The van der Waals surface area contributed by atoms with Gasteiger partial charge in [0.2, 0.25) is 0 Å². The number of carbonyl (C=O) groups excluding carboxylic acids is 1. The third-order valence-electron chi connectivity index (χ3n) is 1.74. The van der Waals surface area contributed by atoms with E-state index in [2.05, 4.69) is 10.1 Å². The summed E-state index contributed by atoms with van der Waals surface area (Å²) in [5, 5.41) is 2.32. The van der Waals surface area contributed by atoms with Crippen LogP contribution in [0.3, 0.4) is 0 Å². The fraction of sp³-hybridized carbons (Fsp3) is 0.222. The van der Waals surface area contributed by atoms with Crippen molar-refractivity contribution >= 4 is 6.09 Å². The van der Waals surface area contributed by atoms with Crippen molar-refractivity contribution in [1.29, 1.82) is 0 Å². The minimum atomic E-state index is -2.10. The molecule has 0 aliphatic carbocycles. The molecule has 1 aromatic carbocycles. The molecule has 1 saturated heterocycles. The van der Waals surface area contributed by atoms with Crippen LogP contribution in [0.5, 0.6) is 0 Å². The molecule has 2 rings (SSSR count). The van der Waals surface area contributed by atoms with Gasteiger partial charge in [-0.25, -0.2) is 9.18 Å². The highest BCUT2D eigenvalue weighted by Gasteiger charge is 2.23. The molecule has 1 aliphatic rings. The Morgan fingerprint density at radius 3 is 2.77 bits per heavy atom. The molecule has 0 radical (unpaired) electrons. The van der Waals surface area contributed by atoms with E-state index in [1.165, 1.54) is 24.3 Å². The Morgan fingerprint density at radius 2 is 2.23 bits per heavy atom. The zero-order valence-electron chi connectivity index (χ0n) is 8.58. The van der Waals surface area contributed by atoms with E-state index in [0.717, 1.165) is 0 Å². The van der Waals surface area contributed by atoms with E-state index in [9.17, 15) is 9.18 Å². The molecule has 1 aliphatic heterocycles. The number of amides is 1. The molecule has 0 spiro atoms. The van der Waals surface area contributed by atoms with Gasteiger partial charge in [0.15, 0.2) is 0 Å². The Kier molecular flexibility index (Phi) is 1.40. The first-order valence-corrected chi connectivity index (χ1v) is 3.74. The highest BCUT2D eigenvalue weighted by molar-refractivity contribution is 5.70. The van der Waals surface area contributed by atoms with Gasteiger partial charge in [-0.3, -0.25) is 0 Å². The molecule has 1 unspecified atom stereocenters. The Balaban J connectivity index is 2.31. The molecule has 0 bridgehead atoms. The fourth-order valence-electron chi connectivity index (χ4n) is 1.10. The fourth-order valence-corrected chi connectivity index (χ4v) is 1.10. The second kappa shape index (κ2) is 3.05. The highest BCUT2D eigenvalue weighted by atomic mass is 19.1. The average Bonchev–Trinajstić information content (AvgIpc) is 2.41. The average molecular weight is 183 g/mol. The molecule has 0 aromatic heterocycles. The van der Waals surface area contributed by atoms with Crippen LogP contribution in [0.25, 0.3) is 0 Å². The third-order valence-corrected chi connectivity index (χ3v) is 1.74. The summed E-state index contributed by atoms with van der Waals surface area (Å²) in [5.74, 6) is -0.412. The first-order valence-electron chi connectivity index (χ1n) is 4.74. The van der Waals surface area contributed by atoms with Gasteiger partial charge in [0, 0.05) is 0 Å². The van der Waals surface area contributed by atoms with E-state index in [1.54, 1.807) is 0 Å². The van der Waals surface area contributed by atoms with Gasteiger partial charge in [-0.05, 0) is 17.7 Å². The van der Waals surface area contributed by atoms with Crippen LogP contribution >= 0.6 is 0 Å². The topological polar surface area (TPSA) is 38.3 Å². The maximum atomic E-state index is 12.6. The Morgan fingerprint density at radius 1 is 1.54 bits per heavy atom. The quantitative estimate of drug-likeness (QED) is 0.718. The standard InChI is InChI=1S/C9H8FNO2/c10-7-3-1-6(2-4-7)8-5-13-9(12)11-8/h1-4,8H,5H2,(H,11,12)/i5D2. The maximum absolute atomic E-state index is 12.6. The van der Waals surface area contributed by atoms with E-state index >= 15 is 0 Å². The number of halogens is 1. The van der Waals surface area contributed by atoms with Crippen molar-refractivity contribution in [2.45, 2.75) is 6.04 Å². The minimum Gasteiger partial charge on any atom is -0.447 e. The highest BCUT2D eigenvalue weighted by Crippen LogP contribution is 2.17. The first kappa shape index (κ1) is 5.96. The molecular formula is C9H8FNO2. The van der Waals surface area contributed by atoms with Gasteiger partial charge in [-0.1, -0.05) is 12.1 Å². The van der Waals surface area contributed by atoms with Gasteiger partial charge in [0.05, 0.1) is 8.78 Å². The second-order valence-electron chi connectivity index (χ2n) is 2.64. The van der Waals surface area contributed by atoms with Crippen LogP contribution in [0.15, 0.2) is 24.3 Å². The number of ether oxygens (including phenoxy) is 1. The molecular weight excluding hydrogens is 173 g/mol. The van der Waals surface area contributed by atoms with Gasteiger partial charge >= 0.3 is 6.09 Å². The van der Waals surface area contributed by atoms with E-state index in [0.29, 0.717) is 5.56 Å². The predicted octanol–water partition coefficient (Wildman–Crippen LogP) is 1.61. The molecule has 68 valence electrons. The number of cyclic esters (lactones) is 1. The lowest BCUT2D eigenvalue weighted by atomic mass is 10.1. The number of carbonyl (C=O) groups is 1. The number of nitrogens with one attached hydrogen (secondary N) is 1. The second-order valence-corrected chi connectivity index (χ2v) is 2.64. The monoisotopic (exact) mass is 183 g/mol. The van der Waals surface area contributed by atoms with Crippen molar-refractivity contribution in [3.05, 3.63) is 35.6 Å². The Bertz CT molecular complexity index is 394. The lowest BCUT2D eigenvalue weighted by Gasteiger charge is -2.06. The lowest BCUT2D eigenvalue weighted by Crippen LogP contribution is -2.18. The summed E-state index contributed by atoms with van der Waals surface area (Å²) in [6.45, 7) is -2.10. The van der Waals surface area contributed by atoms with Crippen molar-refractivity contribution in [2.75, 3.05) is 6.56 Å². The minimum absolute atomic E-state index is 0.412. The number of hydrogen-bond donors (Lipinski definition) is 1. The van der Waals surface area contributed by atoms with Gasteiger partial charge in [0.1, 0.15) is 12.4 Å². The largest absolute Gasteiger partial charge is 0.447 e. The maximum Gasteiger partial charge on any atom is 0.407 e. The van der Waals surface area contributed by atoms with Crippen molar-refractivity contribution in [2.24, 2.45) is 0 Å². The smallest absolute Gasteiger partial charge is 0.407 e. The van der Waals surface area contributed by atoms with E-state index in [4.69, 9.17) is 2.74 Å². The zero-order valence-corrected chi connectivity index (χ0v) is 6.58. The van der Waals surface area contributed by atoms with Gasteiger partial charge in [0.25, 0.3) is 0 Å². The molecule has 0 saturated carbocycles. The summed E-state index contributed by atoms with van der Waals surface area (Å²) < 4.78 is 31.9. The van der Waals surface area contributed by atoms with Crippen molar-refractivity contribution < 1.29 is 16.7 Å². The molecule has 1 heterocycles. The summed E-state index contributed by atoms with van der Waals surface area (Å²) >= 11 is 0.